The van der Waals surface area contributed by atoms with Gasteiger partial charge in [0.2, 0.25) is 17.7 Å². The van der Waals surface area contributed by atoms with Crippen LogP contribution in [-0.4, -0.2) is 91.7 Å². The number of hydrogen-bond acceptors (Lipinski definition) is 8. The van der Waals surface area contributed by atoms with Gasteiger partial charge in [0.15, 0.2) is 0 Å². The lowest BCUT2D eigenvalue weighted by Crippen LogP contribution is -2.57. The summed E-state index contributed by atoms with van der Waals surface area (Å²) in [6, 6.07) is 0.468. The number of carbonyl (C=O) groups excluding carboxylic acids is 3. The third-order valence-electron chi connectivity index (χ3n) is 5.82. The monoisotopic (exact) mass is 522 g/mol. The molecule has 14 heteroatoms. The van der Waals surface area contributed by atoms with Gasteiger partial charge in [0.25, 0.3) is 0 Å². The molecule has 1 fully saturated rings. The first-order valence-corrected chi connectivity index (χ1v) is 11.5. The highest BCUT2D eigenvalue weighted by Crippen LogP contribution is 2.19. The van der Waals surface area contributed by atoms with Crippen molar-refractivity contribution in [3.8, 4) is 5.75 Å². The lowest BCUT2D eigenvalue weighted by atomic mass is 10.0. The van der Waals surface area contributed by atoms with Crippen molar-refractivity contribution in [2.75, 3.05) is 6.54 Å². The minimum atomic E-state index is -1.64. The quantitative estimate of drug-likeness (QED) is 0.160. The molecular weight excluding hydrogens is 492 g/mol. The number of nitrogens with zero attached hydrogens (tertiary/aromatic N) is 1. The molecule has 37 heavy (non-hydrogen) atoms. The molecule has 0 saturated carbocycles. The summed E-state index contributed by atoms with van der Waals surface area (Å²) >= 11 is 0. The van der Waals surface area contributed by atoms with Crippen molar-refractivity contribution in [2.24, 2.45) is 5.73 Å². The molecule has 0 radical (unpaired) electrons. The van der Waals surface area contributed by atoms with Crippen LogP contribution >= 0.6 is 0 Å². The fraction of sp³-hybridized carbons (Fsp3) is 0.478. The maximum Gasteiger partial charge on any atom is 0.326 e. The summed E-state index contributed by atoms with van der Waals surface area (Å²) in [4.78, 5) is 73.4. The van der Waals surface area contributed by atoms with E-state index in [0.717, 1.165) is 4.90 Å². The maximum absolute atomic E-state index is 13.0. The predicted molar refractivity (Wildman–Crippen MR) is 125 cm³/mol. The number of hydrogen-bond donors (Lipinski definition) is 7. The molecule has 202 valence electrons. The average molecular weight is 523 g/mol. The first kappa shape index (κ1) is 29.0. The van der Waals surface area contributed by atoms with Crippen molar-refractivity contribution >= 4 is 35.6 Å². The van der Waals surface area contributed by atoms with E-state index in [1.165, 1.54) is 12.1 Å². The molecule has 1 aromatic carbocycles. The van der Waals surface area contributed by atoms with E-state index in [0.29, 0.717) is 12.0 Å². The first-order chi connectivity index (χ1) is 17.4. The van der Waals surface area contributed by atoms with E-state index in [1.807, 2.05) is 0 Å². The number of aliphatic carboxylic acids is 3. The zero-order valence-corrected chi connectivity index (χ0v) is 19.8. The van der Waals surface area contributed by atoms with E-state index in [1.54, 1.807) is 12.1 Å². The third-order valence-corrected chi connectivity index (χ3v) is 5.82. The molecule has 3 amide bonds. The number of nitrogens with one attached hydrogen (secondary N) is 2. The zero-order valence-electron chi connectivity index (χ0n) is 19.8. The highest BCUT2D eigenvalue weighted by Gasteiger charge is 2.39. The van der Waals surface area contributed by atoms with Gasteiger partial charge in [0.1, 0.15) is 23.9 Å². The maximum atomic E-state index is 13.0. The molecule has 1 saturated heterocycles. The highest BCUT2D eigenvalue weighted by atomic mass is 16.4. The number of carbonyl (C=O) groups is 6. The summed E-state index contributed by atoms with van der Waals surface area (Å²) in [5.74, 6) is -6.68. The van der Waals surface area contributed by atoms with Crippen molar-refractivity contribution < 1.29 is 49.2 Å². The van der Waals surface area contributed by atoms with Crippen molar-refractivity contribution in [3.05, 3.63) is 29.8 Å². The Morgan fingerprint density at radius 2 is 1.57 bits per heavy atom. The lowest BCUT2D eigenvalue weighted by Gasteiger charge is -2.28. The SMILES string of the molecule is N[C@@H](Cc1ccc(O)cc1)C(=O)N[C@@H](CCC(=O)O)C(=O)N[C@@H](CC(=O)O)C(=O)N1CCC[C@H]1C(=O)O. The summed E-state index contributed by atoms with van der Waals surface area (Å²) in [5, 5.41) is 41.5. The fourth-order valence-electron chi connectivity index (χ4n) is 3.93. The Kier molecular flexibility index (Phi) is 10.4. The van der Waals surface area contributed by atoms with Crippen LogP contribution in [-0.2, 0) is 35.2 Å². The average Bonchev–Trinajstić information content (AvgIpc) is 3.32. The number of nitrogens with two attached hydrogens (primary N) is 1. The number of amides is 3. The second-order valence-corrected chi connectivity index (χ2v) is 8.66. The molecule has 1 aromatic rings. The number of phenolic OH excluding ortho intramolecular Hbond substituents is 1. The van der Waals surface area contributed by atoms with Crippen LogP contribution in [0, 0.1) is 0 Å². The zero-order chi connectivity index (χ0) is 27.7. The standard InChI is InChI=1S/C23H30N4O10/c24-14(10-12-3-5-13(28)6-4-12)20(33)25-15(7-8-18(29)30)21(34)26-16(11-19(31)32)22(35)27-9-1-2-17(27)23(36)37/h3-6,14-17,28H,1-2,7-11,24H2,(H,25,33)(H,26,34)(H,29,30)(H,31,32)(H,36,37)/t14-,15-,16-,17-/m0/s1. The number of carboxylic acid groups (broad SMARTS) is 3. The predicted octanol–water partition coefficient (Wildman–Crippen LogP) is -1.35. The number of carboxylic acids is 3. The summed E-state index contributed by atoms with van der Waals surface area (Å²) in [7, 11) is 0. The van der Waals surface area contributed by atoms with Crippen molar-refractivity contribution in [3.63, 3.8) is 0 Å². The normalized spacial score (nSPS) is 17.3. The van der Waals surface area contributed by atoms with E-state index >= 15 is 0 Å². The summed E-state index contributed by atoms with van der Waals surface area (Å²) in [6.45, 7) is 0.0626. The van der Waals surface area contributed by atoms with Crippen molar-refractivity contribution in [1.82, 2.24) is 15.5 Å². The number of likely N-dealkylation sites (tertiary alicyclic amines) is 1. The van der Waals surface area contributed by atoms with Crippen LogP contribution < -0.4 is 16.4 Å². The Balaban J connectivity index is 2.15. The Hall–Kier alpha value is -4.20. The van der Waals surface area contributed by atoms with Gasteiger partial charge in [-0.25, -0.2) is 4.79 Å². The van der Waals surface area contributed by atoms with E-state index in [9.17, 15) is 44.1 Å². The molecular formula is C23H30N4O10. The van der Waals surface area contributed by atoms with Crippen LogP contribution in [0.3, 0.4) is 0 Å². The minimum absolute atomic E-state index is 0.0150. The molecule has 14 nitrogen and oxygen atoms in total. The number of phenols is 1. The van der Waals surface area contributed by atoms with E-state index < -0.39 is 72.6 Å². The van der Waals surface area contributed by atoms with Gasteiger partial charge in [-0.05, 0) is 43.4 Å². The van der Waals surface area contributed by atoms with E-state index in [-0.39, 0.29) is 31.6 Å². The van der Waals surface area contributed by atoms with Crippen LogP contribution in [0.2, 0.25) is 0 Å². The summed E-state index contributed by atoms with van der Waals surface area (Å²) in [6.07, 6.45) is -1.18. The summed E-state index contributed by atoms with van der Waals surface area (Å²) in [5.41, 5.74) is 6.53. The van der Waals surface area contributed by atoms with Gasteiger partial charge >= 0.3 is 17.9 Å². The Morgan fingerprint density at radius 1 is 0.946 bits per heavy atom. The molecule has 0 aliphatic carbocycles. The van der Waals surface area contributed by atoms with Crippen LogP contribution in [0.5, 0.6) is 5.75 Å². The third kappa shape index (κ3) is 8.75. The smallest absolute Gasteiger partial charge is 0.326 e. The van der Waals surface area contributed by atoms with Gasteiger partial charge in [0, 0.05) is 13.0 Å². The van der Waals surface area contributed by atoms with Crippen LogP contribution in [0.25, 0.3) is 0 Å². The second-order valence-electron chi connectivity index (χ2n) is 8.66. The molecule has 0 spiro atoms. The highest BCUT2D eigenvalue weighted by molar-refractivity contribution is 5.96. The van der Waals surface area contributed by atoms with E-state index in [2.05, 4.69) is 10.6 Å². The molecule has 8 N–H and O–H groups in total. The number of aromatic hydroxyl groups is 1. The Labute approximate surface area is 211 Å². The largest absolute Gasteiger partial charge is 0.508 e. The van der Waals surface area contributed by atoms with Gasteiger partial charge in [-0.15, -0.1) is 0 Å². The van der Waals surface area contributed by atoms with Crippen LogP contribution in [0.4, 0.5) is 0 Å². The van der Waals surface area contributed by atoms with Crippen molar-refractivity contribution in [2.45, 2.75) is 62.7 Å². The molecule has 1 aliphatic heterocycles. The van der Waals surface area contributed by atoms with E-state index in [4.69, 9.17) is 10.8 Å². The van der Waals surface area contributed by atoms with Gasteiger partial charge in [-0.2, -0.15) is 0 Å². The fourth-order valence-corrected chi connectivity index (χ4v) is 3.93. The molecule has 4 atom stereocenters. The molecule has 2 rings (SSSR count). The van der Waals surface area contributed by atoms with Crippen molar-refractivity contribution in [1.29, 1.82) is 0 Å². The molecule has 0 unspecified atom stereocenters. The van der Waals surface area contributed by atoms with Gasteiger partial charge in [0.05, 0.1) is 12.5 Å². The Bertz CT molecular complexity index is 1030. The molecule has 0 bridgehead atoms. The van der Waals surface area contributed by atoms with Crippen LogP contribution in [0.1, 0.15) is 37.7 Å². The number of rotatable bonds is 13. The molecule has 1 heterocycles. The Morgan fingerprint density at radius 3 is 2.14 bits per heavy atom. The topological polar surface area (TPSA) is 237 Å². The van der Waals surface area contributed by atoms with Crippen LogP contribution in [0.15, 0.2) is 24.3 Å². The summed E-state index contributed by atoms with van der Waals surface area (Å²) < 4.78 is 0. The van der Waals surface area contributed by atoms with Gasteiger partial charge in [-0.3, -0.25) is 24.0 Å². The number of benzene rings is 1. The molecule has 0 aromatic heterocycles. The minimum Gasteiger partial charge on any atom is -0.508 e. The lowest BCUT2D eigenvalue weighted by molar-refractivity contribution is -0.150. The second kappa shape index (κ2) is 13.2. The first-order valence-electron chi connectivity index (χ1n) is 11.5. The van der Waals surface area contributed by atoms with Gasteiger partial charge in [-0.1, -0.05) is 12.1 Å². The molecule has 1 aliphatic rings. The van der Waals surface area contributed by atoms with Gasteiger partial charge < -0.3 is 41.7 Å².